The number of rotatable bonds is 4. The number of likely N-dealkylation sites (N-methyl/N-ethyl adjacent to an activating group) is 1. The molecule has 0 aliphatic rings. The number of halogens is 3. The molecule has 0 heterocycles. The molecule has 2 unspecified atom stereocenters. The Balaban J connectivity index is 2.96. The predicted molar refractivity (Wildman–Crippen MR) is 59.0 cm³/mol. The lowest BCUT2D eigenvalue weighted by Gasteiger charge is -2.18. The van der Waals surface area contributed by atoms with Crippen molar-refractivity contribution < 1.29 is 19.0 Å². The van der Waals surface area contributed by atoms with Gasteiger partial charge in [-0.3, -0.25) is 0 Å². The van der Waals surface area contributed by atoms with Gasteiger partial charge in [-0.15, -0.1) is 0 Å². The number of hydrogen-bond acceptors (Lipinski definition) is 3. The Bertz CT molecular complexity index is 353. The Morgan fingerprint density at radius 2 is 1.81 bits per heavy atom. The summed E-state index contributed by atoms with van der Waals surface area (Å²) < 4.78 is 26.0. The van der Waals surface area contributed by atoms with Crippen LogP contribution in [-0.2, 0) is 0 Å². The van der Waals surface area contributed by atoms with Crippen molar-refractivity contribution in [3.05, 3.63) is 33.8 Å². The molecule has 0 spiro atoms. The molecular weight excluding hydrogens is 284 g/mol. The molecular formula is C10H12BrF2NO2. The Labute approximate surface area is 100 Å². The van der Waals surface area contributed by atoms with Crippen molar-refractivity contribution in [2.45, 2.75) is 12.2 Å². The fourth-order valence-electron chi connectivity index (χ4n) is 1.29. The number of nitrogens with one attached hydrogen (secondary N) is 1. The van der Waals surface area contributed by atoms with E-state index in [1.165, 1.54) is 0 Å². The highest BCUT2D eigenvalue weighted by Gasteiger charge is 2.20. The third-order valence-corrected chi connectivity index (χ3v) is 2.88. The Morgan fingerprint density at radius 3 is 2.25 bits per heavy atom. The molecule has 6 heteroatoms. The number of aliphatic hydroxyl groups is 2. The number of aliphatic hydroxyl groups excluding tert-OH is 2. The minimum absolute atomic E-state index is 0.000880. The van der Waals surface area contributed by atoms with Gasteiger partial charge in [0.15, 0.2) is 0 Å². The van der Waals surface area contributed by atoms with Crippen molar-refractivity contribution in [3.63, 3.8) is 0 Å². The van der Waals surface area contributed by atoms with Crippen LogP contribution in [0.25, 0.3) is 0 Å². The van der Waals surface area contributed by atoms with Crippen LogP contribution in [-0.4, -0.2) is 29.9 Å². The fourth-order valence-corrected chi connectivity index (χ4v) is 1.52. The van der Waals surface area contributed by atoms with Gasteiger partial charge in [0, 0.05) is 6.54 Å². The molecule has 1 aromatic carbocycles. The van der Waals surface area contributed by atoms with Gasteiger partial charge < -0.3 is 15.5 Å². The summed E-state index contributed by atoms with van der Waals surface area (Å²) in [7, 11) is 1.60. The summed E-state index contributed by atoms with van der Waals surface area (Å²) >= 11 is 2.72. The van der Waals surface area contributed by atoms with Gasteiger partial charge in [-0.1, -0.05) is 0 Å². The minimum Gasteiger partial charge on any atom is -0.389 e. The van der Waals surface area contributed by atoms with Crippen molar-refractivity contribution in [3.8, 4) is 0 Å². The first-order valence-electron chi connectivity index (χ1n) is 4.62. The van der Waals surface area contributed by atoms with E-state index in [-0.39, 0.29) is 16.6 Å². The molecule has 0 fully saturated rings. The molecule has 0 bridgehead atoms. The first kappa shape index (κ1) is 13.5. The van der Waals surface area contributed by atoms with Crippen LogP contribution in [0.2, 0.25) is 0 Å². The van der Waals surface area contributed by atoms with Gasteiger partial charge in [0.1, 0.15) is 17.7 Å². The van der Waals surface area contributed by atoms with Crippen molar-refractivity contribution in [1.82, 2.24) is 5.32 Å². The van der Waals surface area contributed by atoms with Gasteiger partial charge in [-0.2, -0.15) is 0 Å². The molecule has 0 saturated heterocycles. The van der Waals surface area contributed by atoms with Crippen LogP contribution in [0.1, 0.15) is 11.7 Å². The van der Waals surface area contributed by atoms with E-state index in [0.717, 1.165) is 12.1 Å². The third kappa shape index (κ3) is 2.98. The van der Waals surface area contributed by atoms with E-state index in [9.17, 15) is 19.0 Å². The lowest BCUT2D eigenvalue weighted by Crippen LogP contribution is -2.29. The first-order chi connectivity index (χ1) is 7.47. The second-order valence-corrected chi connectivity index (χ2v) is 4.16. The molecule has 0 aromatic heterocycles. The van der Waals surface area contributed by atoms with Crippen molar-refractivity contribution in [2.75, 3.05) is 13.6 Å². The summed E-state index contributed by atoms with van der Waals surface area (Å²) in [5, 5.41) is 21.7. The molecule has 0 radical (unpaired) electrons. The zero-order chi connectivity index (χ0) is 12.3. The molecule has 1 rings (SSSR count). The number of hydrogen-bond donors (Lipinski definition) is 3. The van der Waals surface area contributed by atoms with E-state index in [1.807, 2.05) is 0 Å². The molecule has 1 aromatic rings. The first-order valence-corrected chi connectivity index (χ1v) is 5.41. The van der Waals surface area contributed by atoms with Crippen LogP contribution < -0.4 is 5.32 Å². The van der Waals surface area contributed by atoms with Gasteiger partial charge in [0.2, 0.25) is 0 Å². The lowest BCUT2D eigenvalue weighted by molar-refractivity contribution is 0.0199. The van der Waals surface area contributed by atoms with Gasteiger partial charge in [0.25, 0.3) is 0 Å². The average molecular weight is 296 g/mol. The van der Waals surface area contributed by atoms with Crippen LogP contribution in [0.4, 0.5) is 8.78 Å². The van der Waals surface area contributed by atoms with Crippen LogP contribution in [0.15, 0.2) is 16.6 Å². The molecule has 3 N–H and O–H groups in total. The Hall–Kier alpha value is -0.560. The van der Waals surface area contributed by atoms with Crippen LogP contribution in [0.3, 0.4) is 0 Å². The van der Waals surface area contributed by atoms with Gasteiger partial charge in [-0.05, 0) is 40.7 Å². The molecule has 0 aliphatic heterocycles. The zero-order valence-electron chi connectivity index (χ0n) is 8.54. The highest BCUT2D eigenvalue weighted by Crippen LogP contribution is 2.25. The summed E-state index contributed by atoms with van der Waals surface area (Å²) in [5.41, 5.74) is 0.000880. The van der Waals surface area contributed by atoms with E-state index < -0.39 is 23.8 Å². The minimum atomic E-state index is -1.33. The molecule has 3 nitrogen and oxygen atoms in total. The Morgan fingerprint density at radius 1 is 1.31 bits per heavy atom. The molecule has 16 heavy (non-hydrogen) atoms. The van der Waals surface area contributed by atoms with Gasteiger partial charge in [-0.25, -0.2) is 8.78 Å². The monoisotopic (exact) mass is 295 g/mol. The quantitative estimate of drug-likeness (QED) is 0.735. The SMILES string of the molecule is CNCC(O)C(O)c1cc(F)c(Br)c(F)c1. The topological polar surface area (TPSA) is 52.5 Å². The van der Waals surface area contributed by atoms with E-state index in [1.54, 1.807) is 7.05 Å². The summed E-state index contributed by atoms with van der Waals surface area (Å²) in [6.45, 7) is 0.125. The summed E-state index contributed by atoms with van der Waals surface area (Å²) in [6, 6.07) is 1.97. The summed E-state index contributed by atoms with van der Waals surface area (Å²) in [6.07, 6.45) is -2.45. The second kappa shape index (κ2) is 5.67. The van der Waals surface area contributed by atoms with Crippen molar-refractivity contribution in [1.29, 1.82) is 0 Å². The molecule has 0 aliphatic carbocycles. The number of benzene rings is 1. The van der Waals surface area contributed by atoms with E-state index in [0.29, 0.717) is 0 Å². The molecule has 0 saturated carbocycles. The largest absolute Gasteiger partial charge is 0.389 e. The highest BCUT2D eigenvalue weighted by molar-refractivity contribution is 9.10. The van der Waals surface area contributed by atoms with Crippen LogP contribution in [0, 0.1) is 11.6 Å². The fraction of sp³-hybridized carbons (Fsp3) is 0.400. The maximum absolute atomic E-state index is 13.2. The predicted octanol–water partition coefficient (Wildman–Crippen LogP) is 1.34. The zero-order valence-corrected chi connectivity index (χ0v) is 10.1. The second-order valence-electron chi connectivity index (χ2n) is 3.37. The van der Waals surface area contributed by atoms with Crippen molar-refractivity contribution in [2.24, 2.45) is 0 Å². The smallest absolute Gasteiger partial charge is 0.140 e. The van der Waals surface area contributed by atoms with Crippen LogP contribution >= 0.6 is 15.9 Å². The van der Waals surface area contributed by atoms with E-state index in [2.05, 4.69) is 21.2 Å². The van der Waals surface area contributed by atoms with E-state index >= 15 is 0 Å². The Kier molecular flexibility index (Phi) is 4.79. The summed E-state index contributed by atoms with van der Waals surface area (Å²) in [4.78, 5) is 0. The summed E-state index contributed by atoms with van der Waals surface area (Å²) in [5.74, 6) is -1.63. The molecule has 2 atom stereocenters. The van der Waals surface area contributed by atoms with Crippen molar-refractivity contribution >= 4 is 15.9 Å². The molecule has 0 amide bonds. The normalized spacial score (nSPS) is 14.9. The van der Waals surface area contributed by atoms with Crippen LogP contribution in [0.5, 0.6) is 0 Å². The average Bonchev–Trinajstić information content (AvgIpc) is 2.24. The van der Waals surface area contributed by atoms with E-state index in [4.69, 9.17) is 0 Å². The highest BCUT2D eigenvalue weighted by atomic mass is 79.9. The van der Waals surface area contributed by atoms with Gasteiger partial charge in [0.05, 0.1) is 10.6 Å². The third-order valence-electron chi connectivity index (χ3n) is 2.13. The maximum Gasteiger partial charge on any atom is 0.140 e. The van der Waals surface area contributed by atoms with Gasteiger partial charge >= 0.3 is 0 Å². The molecule has 90 valence electrons. The lowest BCUT2D eigenvalue weighted by atomic mass is 10.0. The maximum atomic E-state index is 13.2. The standard InChI is InChI=1S/C10H12BrF2NO2/c1-14-4-8(15)10(16)5-2-6(12)9(11)7(13)3-5/h2-3,8,10,14-16H,4H2,1H3.